The molecule has 1 heterocycles. The van der Waals surface area contributed by atoms with Crippen LogP contribution in [-0.4, -0.2) is 29.5 Å². The van der Waals surface area contributed by atoms with Crippen LogP contribution < -0.4 is 9.47 Å². The fourth-order valence-electron chi connectivity index (χ4n) is 4.80. The summed E-state index contributed by atoms with van der Waals surface area (Å²) in [6.45, 7) is 0.0898. The van der Waals surface area contributed by atoms with Gasteiger partial charge in [0.1, 0.15) is 18.5 Å². The van der Waals surface area contributed by atoms with E-state index in [1.165, 1.54) is 24.3 Å². The van der Waals surface area contributed by atoms with E-state index in [4.69, 9.17) is 14.7 Å². The predicted octanol–water partition coefficient (Wildman–Crippen LogP) is 5.98. The molecule has 1 aliphatic rings. The van der Waals surface area contributed by atoms with Crippen molar-refractivity contribution in [2.75, 3.05) is 7.11 Å². The molecule has 8 nitrogen and oxygen atoms in total. The third-order valence-corrected chi connectivity index (χ3v) is 6.83. The number of nitriles is 2. The van der Waals surface area contributed by atoms with E-state index in [0.717, 1.165) is 0 Å². The second kappa shape index (κ2) is 12.2. The summed E-state index contributed by atoms with van der Waals surface area (Å²) >= 11 is 0. The highest BCUT2D eigenvalue weighted by Gasteiger charge is 2.36. The Balaban J connectivity index is 1.51. The van der Waals surface area contributed by atoms with Crippen molar-refractivity contribution in [1.82, 2.24) is 5.01 Å². The molecule has 0 aliphatic carbocycles. The zero-order chi connectivity index (χ0) is 29.6. The first kappa shape index (κ1) is 27.8. The molecule has 9 heteroatoms. The van der Waals surface area contributed by atoms with Gasteiger partial charge in [0.2, 0.25) is 0 Å². The van der Waals surface area contributed by atoms with Gasteiger partial charge in [0.15, 0.2) is 11.5 Å². The van der Waals surface area contributed by atoms with Crippen LogP contribution in [0, 0.1) is 28.5 Å². The second-order valence-electron chi connectivity index (χ2n) is 9.39. The highest BCUT2D eigenvalue weighted by Crippen LogP contribution is 2.42. The Morgan fingerprint density at radius 2 is 1.76 bits per heavy atom. The van der Waals surface area contributed by atoms with E-state index >= 15 is 0 Å². The van der Waals surface area contributed by atoms with Crippen LogP contribution in [0.25, 0.3) is 0 Å². The number of hydrazone groups is 1. The van der Waals surface area contributed by atoms with E-state index in [1.54, 1.807) is 78.9 Å². The molecule has 4 aromatic carbocycles. The Kier molecular flexibility index (Phi) is 8.03. The van der Waals surface area contributed by atoms with Crippen molar-refractivity contribution in [2.45, 2.75) is 19.1 Å². The minimum atomic E-state index is -0.641. The van der Waals surface area contributed by atoms with Gasteiger partial charge in [-0.15, -0.1) is 0 Å². The Labute approximate surface area is 241 Å². The number of carbonyl (C=O) groups excluding carboxylic acids is 2. The molecule has 1 aliphatic heterocycles. The summed E-state index contributed by atoms with van der Waals surface area (Å²) in [5.41, 5.74) is 3.20. The molecule has 0 radical (unpaired) electrons. The highest BCUT2D eigenvalue weighted by atomic mass is 19.1. The molecule has 0 N–H and O–H groups in total. The topological polar surface area (TPSA) is 116 Å². The molecule has 4 aromatic rings. The van der Waals surface area contributed by atoms with E-state index in [1.807, 2.05) is 6.07 Å². The molecule has 0 saturated heterocycles. The van der Waals surface area contributed by atoms with Crippen LogP contribution in [-0.2, 0) is 6.61 Å². The molecular formula is C33H23FN4O4. The van der Waals surface area contributed by atoms with E-state index < -0.39 is 17.7 Å². The van der Waals surface area contributed by atoms with Crippen molar-refractivity contribution in [3.63, 3.8) is 0 Å². The van der Waals surface area contributed by atoms with Gasteiger partial charge >= 0.3 is 0 Å². The Hall–Kier alpha value is -5.80. The minimum Gasteiger partial charge on any atom is -0.492 e. The van der Waals surface area contributed by atoms with Crippen LogP contribution in [0.2, 0.25) is 0 Å². The van der Waals surface area contributed by atoms with Gasteiger partial charge < -0.3 is 9.47 Å². The SMILES string of the molecule is COc1c(OCc2cccc(C(=O)C#N)c2)cccc1C1CC(c2ccc(F)cc2)=NN1C(=O)c1ccccc1C#N. The van der Waals surface area contributed by atoms with E-state index in [0.29, 0.717) is 40.3 Å². The quantitative estimate of drug-likeness (QED) is 0.194. The van der Waals surface area contributed by atoms with Crippen molar-refractivity contribution in [3.05, 3.63) is 130 Å². The first-order valence-electron chi connectivity index (χ1n) is 12.9. The van der Waals surface area contributed by atoms with Gasteiger partial charge in [-0.3, -0.25) is 9.59 Å². The molecule has 5 rings (SSSR count). The van der Waals surface area contributed by atoms with E-state index in [-0.39, 0.29) is 29.1 Å². The number of hydrogen-bond donors (Lipinski definition) is 0. The third-order valence-electron chi connectivity index (χ3n) is 6.83. The first-order chi connectivity index (χ1) is 20.4. The maximum atomic E-state index is 13.8. The molecule has 42 heavy (non-hydrogen) atoms. The van der Waals surface area contributed by atoms with Gasteiger partial charge in [0.25, 0.3) is 11.7 Å². The molecule has 0 fully saturated rings. The number of ether oxygens (including phenoxy) is 2. The van der Waals surface area contributed by atoms with Gasteiger partial charge in [0.05, 0.1) is 36.1 Å². The van der Waals surface area contributed by atoms with Crippen LogP contribution in [0.3, 0.4) is 0 Å². The number of ketones is 1. The molecule has 206 valence electrons. The minimum absolute atomic E-state index is 0.0898. The van der Waals surface area contributed by atoms with Crippen LogP contribution in [0.1, 0.15) is 55.4 Å². The summed E-state index contributed by atoms with van der Waals surface area (Å²) in [7, 11) is 1.49. The van der Waals surface area contributed by atoms with Crippen molar-refractivity contribution in [3.8, 4) is 23.6 Å². The zero-order valence-corrected chi connectivity index (χ0v) is 22.5. The average Bonchev–Trinajstić information content (AvgIpc) is 3.48. The van der Waals surface area contributed by atoms with Gasteiger partial charge in [-0.1, -0.05) is 54.6 Å². The number of para-hydroxylation sites is 1. The smallest absolute Gasteiger partial charge is 0.275 e. The number of halogens is 1. The number of Topliss-reactive ketones (excluding diaryl/α,β-unsaturated/α-hetero) is 1. The molecule has 1 unspecified atom stereocenters. The number of amides is 1. The van der Waals surface area contributed by atoms with Gasteiger partial charge in [-0.2, -0.15) is 15.6 Å². The molecule has 1 atom stereocenters. The lowest BCUT2D eigenvalue weighted by atomic mass is 9.96. The lowest BCUT2D eigenvalue weighted by molar-refractivity contribution is 0.0708. The fourth-order valence-corrected chi connectivity index (χ4v) is 4.80. The summed E-state index contributed by atoms with van der Waals surface area (Å²) in [6.07, 6.45) is 0.296. The largest absolute Gasteiger partial charge is 0.492 e. The van der Waals surface area contributed by atoms with E-state index in [9.17, 15) is 19.2 Å². The van der Waals surface area contributed by atoms with Crippen molar-refractivity contribution in [2.24, 2.45) is 5.10 Å². The van der Waals surface area contributed by atoms with Gasteiger partial charge in [-0.25, -0.2) is 9.40 Å². The Morgan fingerprint density at radius 1 is 1.00 bits per heavy atom. The Morgan fingerprint density at radius 3 is 2.50 bits per heavy atom. The van der Waals surface area contributed by atoms with Gasteiger partial charge in [0, 0.05) is 17.5 Å². The lowest BCUT2D eigenvalue weighted by Gasteiger charge is -2.25. The van der Waals surface area contributed by atoms with Crippen molar-refractivity contribution < 1.29 is 23.5 Å². The summed E-state index contributed by atoms with van der Waals surface area (Å²) in [6, 6.07) is 27.3. The molecular weight excluding hydrogens is 535 g/mol. The fraction of sp³-hybridized carbons (Fsp3) is 0.121. The number of hydrogen-bond acceptors (Lipinski definition) is 7. The normalized spacial score (nSPS) is 14.0. The van der Waals surface area contributed by atoms with Crippen molar-refractivity contribution in [1.29, 1.82) is 10.5 Å². The molecule has 0 saturated carbocycles. The second-order valence-corrected chi connectivity index (χ2v) is 9.39. The summed E-state index contributed by atoms with van der Waals surface area (Å²) in [5, 5.41) is 24.5. The zero-order valence-electron chi connectivity index (χ0n) is 22.5. The third kappa shape index (κ3) is 5.58. The molecule has 1 amide bonds. The molecule has 0 bridgehead atoms. The average molecular weight is 559 g/mol. The monoisotopic (exact) mass is 558 g/mol. The number of carbonyl (C=O) groups is 2. The number of nitrogens with zero attached hydrogens (tertiary/aromatic N) is 4. The number of benzene rings is 4. The van der Waals surface area contributed by atoms with E-state index in [2.05, 4.69) is 11.2 Å². The van der Waals surface area contributed by atoms with Gasteiger partial charge in [-0.05, 0) is 47.5 Å². The standard InChI is InChI=1S/C33H23FN4O4/c1-41-32-27(10-5-11-31(32)42-20-21-6-4-8-23(16-21)30(39)19-36)29-17-28(22-12-14-25(34)15-13-22)37-38(29)33(40)26-9-3-2-7-24(26)18-35/h2-16,29H,17,20H2,1H3. The lowest BCUT2D eigenvalue weighted by Crippen LogP contribution is -2.28. The number of methoxy groups -OCH3 is 1. The summed E-state index contributed by atoms with van der Waals surface area (Å²) in [4.78, 5) is 25.6. The molecule has 0 aromatic heterocycles. The van der Waals surface area contributed by atoms with Crippen LogP contribution in [0.15, 0.2) is 96.1 Å². The summed E-state index contributed by atoms with van der Waals surface area (Å²) in [5.74, 6) is -0.724. The van der Waals surface area contributed by atoms with Crippen LogP contribution >= 0.6 is 0 Å². The maximum Gasteiger partial charge on any atom is 0.275 e. The predicted molar refractivity (Wildman–Crippen MR) is 151 cm³/mol. The molecule has 0 spiro atoms. The first-order valence-corrected chi connectivity index (χ1v) is 12.9. The summed E-state index contributed by atoms with van der Waals surface area (Å²) < 4.78 is 25.5. The highest BCUT2D eigenvalue weighted by molar-refractivity contribution is 6.07. The maximum absolute atomic E-state index is 13.8. The van der Waals surface area contributed by atoms with Crippen LogP contribution in [0.5, 0.6) is 11.5 Å². The van der Waals surface area contributed by atoms with Crippen molar-refractivity contribution >= 4 is 17.4 Å². The number of rotatable bonds is 8. The Bertz CT molecular complexity index is 1790. The van der Waals surface area contributed by atoms with Crippen LogP contribution in [0.4, 0.5) is 4.39 Å².